The smallest absolute Gasteiger partial charge is 0.160 e. The van der Waals surface area contributed by atoms with Crippen LogP contribution in [-0.2, 0) is 0 Å². The SMILES string of the molecule is c1ccc(-c2ccc(-c3cc(-c4ccc(-c5cnc6sc7c(-c8ccc9cc%10ccccc%10cc9c8)ncnc7c6c5)cc4)nc(-c4ccccc4)n3)cc2)cc1. The monoisotopic (exact) mass is 745 g/mol. The highest BCUT2D eigenvalue weighted by atomic mass is 32.1. The van der Waals surface area contributed by atoms with Crippen molar-refractivity contribution in [2.45, 2.75) is 0 Å². The van der Waals surface area contributed by atoms with Crippen molar-refractivity contribution in [2.24, 2.45) is 0 Å². The Kier molecular flexibility index (Phi) is 7.93. The molecule has 0 saturated heterocycles. The van der Waals surface area contributed by atoms with Crippen molar-refractivity contribution in [1.29, 1.82) is 0 Å². The second-order valence-electron chi connectivity index (χ2n) is 14.2. The number of nitrogens with zero attached hydrogens (tertiary/aromatic N) is 5. The first-order valence-electron chi connectivity index (χ1n) is 18.9. The standard InChI is InChI=1S/C51H31N5S/c1-3-9-32(10-4-1)33-15-19-35(20-16-33)45-29-46(56-50(55-45)37-11-5-2-6-12-37)36-21-17-34(18-22-36)43-28-44-48-49(57-51(44)52-30-43)47(53-31-54-48)41-24-23-40-25-38-13-7-8-14-39(38)26-42(40)27-41/h1-31H. The van der Waals surface area contributed by atoms with Gasteiger partial charge in [0.2, 0.25) is 0 Å². The summed E-state index contributed by atoms with van der Waals surface area (Å²) in [5.41, 5.74) is 12.1. The average molecular weight is 746 g/mol. The summed E-state index contributed by atoms with van der Waals surface area (Å²) in [6.07, 6.45) is 3.63. The van der Waals surface area contributed by atoms with Crippen LogP contribution in [0.5, 0.6) is 0 Å². The molecule has 11 aromatic rings. The average Bonchev–Trinajstić information content (AvgIpc) is 3.67. The summed E-state index contributed by atoms with van der Waals surface area (Å²) in [7, 11) is 0. The van der Waals surface area contributed by atoms with Gasteiger partial charge in [0.25, 0.3) is 0 Å². The highest BCUT2D eigenvalue weighted by molar-refractivity contribution is 7.25. The minimum atomic E-state index is 0.692. The molecule has 266 valence electrons. The minimum Gasteiger partial charge on any atom is -0.245 e. The number of benzene rings is 7. The molecule has 0 aliphatic rings. The third kappa shape index (κ3) is 6.09. The van der Waals surface area contributed by atoms with Crippen molar-refractivity contribution in [1.82, 2.24) is 24.9 Å². The van der Waals surface area contributed by atoms with Crippen LogP contribution in [0.15, 0.2) is 188 Å². The molecule has 0 aliphatic carbocycles. The fourth-order valence-corrected chi connectivity index (χ4v) is 8.76. The first-order chi connectivity index (χ1) is 28.2. The van der Waals surface area contributed by atoms with E-state index in [1.165, 1.54) is 32.7 Å². The molecule has 0 spiro atoms. The second-order valence-corrected chi connectivity index (χ2v) is 15.2. The number of pyridine rings is 1. The van der Waals surface area contributed by atoms with Gasteiger partial charge < -0.3 is 0 Å². The second kappa shape index (κ2) is 13.7. The molecule has 5 nitrogen and oxygen atoms in total. The molecule has 11 rings (SSSR count). The Morgan fingerprint density at radius 1 is 0.368 bits per heavy atom. The zero-order chi connectivity index (χ0) is 37.7. The third-order valence-electron chi connectivity index (χ3n) is 10.6. The molecular formula is C51H31N5S. The van der Waals surface area contributed by atoms with Gasteiger partial charge in [0.05, 0.1) is 27.3 Å². The van der Waals surface area contributed by atoms with E-state index in [0.717, 1.165) is 70.9 Å². The lowest BCUT2D eigenvalue weighted by Crippen LogP contribution is -1.96. The molecule has 0 N–H and O–H groups in total. The summed E-state index contributed by atoms with van der Waals surface area (Å²) < 4.78 is 1.04. The van der Waals surface area contributed by atoms with Gasteiger partial charge in [0.15, 0.2) is 5.82 Å². The van der Waals surface area contributed by atoms with Crippen LogP contribution in [0.2, 0.25) is 0 Å². The van der Waals surface area contributed by atoms with E-state index >= 15 is 0 Å². The quantitative estimate of drug-likeness (QED) is 0.159. The van der Waals surface area contributed by atoms with Gasteiger partial charge in [-0.1, -0.05) is 146 Å². The summed E-state index contributed by atoms with van der Waals surface area (Å²) in [6, 6.07) is 61.6. The van der Waals surface area contributed by atoms with E-state index in [1.54, 1.807) is 17.7 Å². The maximum Gasteiger partial charge on any atom is 0.160 e. The van der Waals surface area contributed by atoms with Gasteiger partial charge in [-0.05, 0) is 68.6 Å². The summed E-state index contributed by atoms with van der Waals surface area (Å²) in [4.78, 5) is 25.5. The Hall–Kier alpha value is -7.41. The summed E-state index contributed by atoms with van der Waals surface area (Å²) >= 11 is 1.64. The van der Waals surface area contributed by atoms with Crippen LogP contribution in [-0.4, -0.2) is 24.9 Å². The fraction of sp³-hybridized carbons (Fsp3) is 0. The predicted molar refractivity (Wildman–Crippen MR) is 236 cm³/mol. The molecule has 57 heavy (non-hydrogen) atoms. The van der Waals surface area contributed by atoms with Crippen LogP contribution in [0.3, 0.4) is 0 Å². The molecule has 4 aromatic heterocycles. The van der Waals surface area contributed by atoms with Crippen molar-refractivity contribution < 1.29 is 0 Å². The molecule has 0 fully saturated rings. The van der Waals surface area contributed by atoms with Crippen LogP contribution in [0.4, 0.5) is 0 Å². The molecule has 0 amide bonds. The third-order valence-corrected chi connectivity index (χ3v) is 11.8. The Labute approximate surface area is 332 Å². The summed E-state index contributed by atoms with van der Waals surface area (Å²) in [6.45, 7) is 0. The van der Waals surface area contributed by atoms with E-state index in [0.29, 0.717) is 5.82 Å². The fourth-order valence-electron chi connectivity index (χ4n) is 7.67. The van der Waals surface area contributed by atoms with E-state index in [4.69, 9.17) is 24.9 Å². The molecule has 0 atom stereocenters. The highest BCUT2D eigenvalue weighted by Gasteiger charge is 2.16. The topological polar surface area (TPSA) is 64.5 Å². The molecule has 7 aromatic carbocycles. The molecule has 4 heterocycles. The lowest BCUT2D eigenvalue weighted by Gasteiger charge is -2.11. The van der Waals surface area contributed by atoms with Crippen molar-refractivity contribution in [2.75, 3.05) is 0 Å². The van der Waals surface area contributed by atoms with Crippen LogP contribution >= 0.6 is 11.3 Å². The Morgan fingerprint density at radius 3 is 1.60 bits per heavy atom. The molecule has 0 bridgehead atoms. The lowest BCUT2D eigenvalue weighted by atomic mass is 10.00. The minimum absolute atomic E-state index is 0.692. The van der Waals surface area contributed by atoms with Gasteiger partial charge in [0.1, 0.15) is 11.2 Å². The van der Waals surface area contributed by atoms with Gasteiger partial charge in [-0.25, -0.2) is 24.9 Å². The summed E-state index contributed by atoms with van der Waals surface area (Å²) in [5.74, 6) is 0.692. The van der Waals surface area contributed by atoms with Crippen molar-refractivity contribution in [3.8, 4) is 67.4 Å². The normalized spacial score (nSPS) is 11.5. The first kappa shape index (κ1) is 33.0. The van der Waals surface area contributed by atoms with E-state index in [2.05, 4.69) is 152 Å². The van der Waals surface area contributed by atoms with Crippen molar-refractivity contribution in [3.05, 3.63) is 188 Å². The number of fused-ring (bicyclic) bond motifs is 5. The Morgan fingerprint density at radius 2 is 0.912 bits per heavy atom. The van der Waals surface area contributed by atoms with Gasteiger partial charge in [-0.3, -0.25) is 0 Å². The van der Waals surface area contributed by atoms with E-state index < -0.39 is 0 Å². The molecule has 0 radical (unpaired) electrons. The molecule has 0 unspecified atom stereocenters. The number of rotatable bonds is 6. The van der Waals surface area contributed by atoms with Crippen LogP contribution in [0, 0.1) is 0 Å². The number of aromatic nitrogens is 5. The van der Waals surface area contributed by atoms with E-state index in [-0.39, 0.29) is 0 Å². The molecule has 6 heteroatoms. The zero-order valence-corrected chi connectivity index (χ0v) is 31.4. The maximum atomic E-state index is 5.06. The maximum absolute atomic E-state index is 5.06. The van der Waals surface area contributed by atoms with Gasteiger partial charge >= 0.3 is 0 Å². The molecule has 0 saturated carbocycles. The van der Waals surface area contributed by atoms with Crippen LogP contribution in [0.1, 0.15) is 0 Å². The number of hydrogen-bond donors (Lipinski definition) is 0. The first-order valence-corrected chi connectivity index (χ1v) is 19.7. The summed E-state index contributed by atoms with van der Waals surface area (Å²) in [5, 5.41) is 5.89. The zero-order valence-electron chi connectivity index (χ0n) is 30.5. The van der Waals surface area contributed by atoms with Gasteiger partial charge in [0, 0.05) is 39.4 Å². The number of thiophene rings is 1. The van der Waals surface area contributed by atoms with Crippen LogP contribution in [0.25, 0.3) is 109 Å². The van der Waals surface area contributed by atoms with Crippen LogP contribution < -0.4 is 0 Å². The number of hydrogen-bond acceptors (Lipinski definition) is 6. The predicted octanol–water partition coefficient (Wildman–Crippen LogP) is 13.3. The van der Waals surface area contributed by atoms with Gasteiger partial charge in [-0.15, -0.1) is 11.3 Å². The Bertz CT molecular complexity index is 3270. The van der Waals surface area contributed by atoms with Gasteiger partial charge in [-0.2, -0.15) is 0 Å². The molecule has 0 aliphatic heterocycles. The molecular weight excluding hydrogens is 715 g/mol. The largest absolute Gasteiger partial charge is 0.245 e. The highest BCUT2D eigenvalue weighted by Crippen LogP contribution is 2.39. The van der Waals surface area contributed by atoms with Crippen molar-refractivity contribution >= 4 is 53.3 Å². The lowest BCUT2D eigenvalue weighted by molar-refractivity contribution is 1.18. The van der Waals surface area contributed by atoms with E-state index in [9.17, 15) is 0 Å². The van der Waals surface area contributed by atoms with Crippen molar-refractivity contribution in [3.63, 3.8) is 0 Å². The Balaban J connectivity index is 0.937. The van der Waals surface area contributed by atoms with E-state index in [1.807, 2.05) is 30.5 Å².